The summed E-state index contributed by atoms with van der Waals surface area (Å²) in [6.45, 7) is 7.94. The van der Waals surface area contributed by atoms with Crippen LogP contribution in [0.5, 0.6) is 0 Å². The van der Waals surface area contributed by atoms with Crippen molar-refractivity contribution in [3.05, 3.63) is 33.6 Å². The van der Waals surface area contributed by atoms with Crippen molar-refractivity contribution < 1.29 is 9.31 Å². The number of benzene rings is 1. The van der Waals surface area contributed by atoms with Crippen molar-refractivity contribution in [3.8, 4) is 0 Å². The monoisotopic (exact) mass is 282 g/mol. The van der Waals surface area contributed by atoms with E-state index in [1.165, 1.54) is 6.07 Å². The van der Waals surface area contributed by atoms with Gasteiger partial charge in [0.1, 0.15) is 11.5 Å². The van der Waals surface area contributed by atoms with Crippen LogP contribution in [0.4, 0.5) is 15.8 Å². The Bertz CT molecular complexity index is 475. The highest BCUT2D eigenvalue weighted by atomic mass is 19.1. The molecular weight excluding hydrogens is 259 g/mol. The first-order valence-electron chi connectivity index (χ1n) is 7.02. The van der Waals surface area contributed by atoms with Crippen molar-refractivity contribution >= 4 is 11.4 Å². The molecule has 0 spiro atoms. The number of nitrogens with zero attached hydrogens (tertiary/aromatic N) is 1. The maximum Gasteiger partial charge on any atom is 0.295 e. The molecule has 0 bridgehead atoms. The van der Waals surface area contributed by atoms with Gasteiger partial charge in [-0.25, -0.2) is 4.39 Å². The van der Waals surface area contributed by atoms with Gasteiger partial charge >= 0.3 is 0 Å². The minimum atomic E-state index is -0.550. The minimum absolute atomic E-state index is 0.123. The van der Waals surface area contributed by atoms with Gasteiger partial charge in [0, 0.05) is 6.04 Å². The van der Waals surface area contributed by atoms with E-state index < -0.39 is 10.7 Å². The largest absolute Gasteiger partial charge is 0.377 e. The van der Waals surface area contributed by atoms with Gasteiger partial charge in [-0.1, -0.05) is 26.7 Å². The van der Waals surface area contributed by atoms with E-state index in [0.29, 0.717) is 17.2 Å². The lowest BCUT2D eigenvalue weighted by Gasteiger charge is -2.16. The van der Waals surface area contributed by atoms with Crippen molar-refractivity contribution in [2.24, 2.45) is 5.92 Å². The molecule has 5 heteroatoms. The lowest BCUT2D eigenvalue weighted by Crippen LogP contribution is -2.16. The molecule has 0 aliphatic carbocycles. The second-order valence-corrected chi connectivity index (χ2v) is 5.75. The molecule has 0 saturated heterocycles. The second-order valence-electron chi connectivity index (χ2n) is 5.75. The van der Waals surface area contributed by atoms with Crippen LogP contribution in [0.1, 0.15) is 45.6 Å². The fourth-order valence-corrected chi connectivity index (χ4v) is 2.11. The Morgan fingerprint density at radius 3 is 2.50 bits per heavy atom. The van der Waals surface area contributed by atoms with Crippen molar-refractivity contribution in [1.29, 1.82) is 0 Å². The summed E-state index contributed by atoms with van der Waals surface area (Å²) in [7, 11) is 0. The van der Waals surface area contributed by atoms with Crippen LogP contribution in [0.3, 0.4) is 0 Å². The maximum absolute atomic E-state index is 13.4. The first-order chi connectivity index (χ1) is 9.31. The zero-order chi connectivity index (χ0) is 15.3. The third kappa shape index (κ3) is 4.79. The summed E-state index contributed by atoms with van der Waals surface area (Å²) in [6.07, 6.45) is 3.14. The van der Waals surface area contributed by atoms with Gasteiger partial charge in [-0.15, -0.1) is 0 Å². The minimum Gasteiger partial charge on any atom is -0.377 e. The Morgan fingerprint density at radius 2 is 1.95 bits per heavy atom. The van der Waals surface area contributed by atoms with Gasteiger partial charge in [0.05, 0.1) is 11.0 Å². The van der Waals surface area contributed by atoms with Gasteiger partial charge in [-0.3, -0.25) is 10.1 Å². The molecule has 1 unspecified atom stereocenters. The van der Waals surface area contributed by atoms with Crippen LogP contribution in [0, 0.1) is 28.8 Å². The number of nitro groups is 1. The molecule has 0 aromatic heterocycles. The van der Waals surface area contributed by atoms with Crippen LogP contribution < -0.4 is 5.32 Å². The Morgan fingerprint density at radius 1 is 1.30 bits per heavy atom. The molecule has 1 aromatic carbocycles. The SMILES string of the molecule is Cc1cc(NC(C)CCCC(C)C)c([N+](=O)[O-])cc1F. The molecule has 0 radical (unpaired) electrons. The average Bonchev–Trinajstić information content (AvgIpc) is 2.32. The van der Waals surface area contributed by atoms with Crippen molar-refractivity contribution in [2.75, 3.05) is 5.32 Å². The lowest BCUT2D eigenvalue weighted by molar-refractivity contribution is -0.384. The van der Waals surface area contributed by atoms with Gasteiger partial charge in [0.15, 0.2) is 0 Å². The van der Waals surface area contributed by atoms with E-state index >= 15 is 0 Å². The molecule has 1 rings (SSSR count). The van der Waals surface area contributed by atoms with E-state index in [-0.39, 0.29) is 11.7 Å². The number of hydrogen-bond donors (Lipinski definition) is 1. The van der Waals surface area contributed by atoms with Gasteiger partial charge in [0.25, 0.3) is 5.69 Å². The first kappa shape index (κ1) is 16.4. The highest BCUT2D eigenvalue weighted by Crippen LogP contribution is 2.28. The second kappa shape index (κ2) is 7.22. The van der Waals surface area contributed by atoms with Crippen LogP contribution in [0.25, 0.3) is 0 Å². The van der Waals surface area contributed by atoms with E-state index in [4.69, 9.17) is 0 Å². The van der Waals surface area contributed by atoms with E-state index in [0.717, 1.165) is 25.3 Å². The van der Waals surface area contributed by atoms with Gasteiger partial charge in [-0.2, -0.15) is 0 Å². The van der Waals surface area contributed by atoms with Crippen LogP contribution in [0.2, 0.25) is 0 Å². The molecular formula is C15H23FN2O2. The Labute approximate surface area is 119 Å². The normalized spacial score (nSPS) is 12.5. The maximum atomic E-state index is 13.4. The standard InChI is InChI=1S/C15H23FN2O2/c1-10(2)6-5-7-12(4)17-14-8-11(3)13(16)9-15(14)18(19)20/h8-10,12,17H,5-7H2,1-4H3. The molecule has 1 N–H and O–H groups in total. The zero-order valence-electron chi connectivity index (χ0n) is 12.6. The molecule has 0 fully saturated rings. The summed E-state index contributed by atoms with van der Waals surface area (Å²) in [5, 5.41) is 14.1. The predicted octanol–water partition coefficient (Wildman–Crippen LogP) is 4.67. The van der Waals surface area contributed by atoms with Crippen molar-refractivity contribution in [3.63, 3.8) is 0 Å². The summed E-state index contributed by atoms with van der Waals surface area (Å²) in [6, 6.07) is 2.61. The Hall–Kier alpha value is -1.65. The molecule has 0 amide bonds. The van der Waals surface area contributed by atoms with Gasteiger partial charge in [0.2, 0.25) is 0 Å². The third-order valence-corrected chi connectivity index (χ3v) is 3.29. The molecule has 0 aliphatic rings. The molecule has 0 aliphatic heterocycles. The number of nitrogens with one attached hydrogen (secondary N) is 1. The molecule has 20 heavy (non-hydrogen) atoms. The average molecular weight is 282 g/mol. The van der Waals surface area contributed by atoms with Crippen LogP contribution >= 0.6 is 0 Å². The molecule has 112 valence electrons. The summed E-state index contributed by atoms with van der Waals surface area (Å²) in [4.78, 5) is 10.4. The predicted molar refractivity (Wildman–Crippen MR) is 79.6 cm³/mol. The third-order valence-electron chi connectivity index (χ3n) is 3.29. The number of hydrogen-bond acceptors (Lipinski definition) is 3. The Kier molecular flexibility index (Phi) is 5.92. The lowest BCUT2D eigenvalue weighted by atomic mass is 10.0. The molecule has 1 aromatic rings. The summed E-state index contributed by atoms with van der Waals surface area (Å²) in [5.74, 6) is 0.110. The van der Waals surface area contributed by atoms with Crippen LogP contribution in [0.15, 0.2) is 12.1 Å². The van der Waals surface area contributed by atoms with E-state index in [1.807, 2.05) is 6.92 Å². The summed E-state index contributed by atoms with van der Waals surface area (Å²) >= 11 is 0. The molecule has 0 heterocycles. The number of rotatable bonds is 7. The van der Waals surface area contributed by atoms with Crippen LogP contribution in [-0.4, -0.2) is 11.0 Å². The smallest absolute Gasteiger partial charge is 0.295 e. The summed E-state index contributed by atoms with van der Waals surface area (Å²) < 4.78 is 13.4. The number of anilines is 1. The summed E-state index contributed by atoms with van der Waals surface area (Å²) in [5.41, 5.74) is 0.599. The molecule has 0 saturated carbocycles. The highest BCUT2D eigenvalue weighted by molar-refractivity contribution is 5.63. The fraction of sp³-hybridized carbons (Fsp3) is 0.600. The number of halogens is 1. The number of nitro benzene ring substituents is 1. The van der Waals surface area contributed by atoms with Crippen molar-refractivity contribution in [1.82, 2.24) is 0 Å². The molecule has 4 nitrogen and oxygen atoms in total. The van der Waals surface area contributed by atoms with E-state index in [9.17, 15) is 14.5 Å². The van der Waals surface area contributed by atoms with Crippen molar-refractivity contribution in [2.45, 2.75) is 53.0 Å². The molecule has 1 atom stereocenters. The number of aryl methyl sites for hydroxylation is 1. The first-order valence-corrected chi connectivity index (χ1v) is 7.02. The van der Waals surface area contributed by atoms with E-state index in [2.05, 4.69) is 19.2 Å². The fourth-order valence-electron chi connectivity index (χ4n) is 2.11. The topological polar surface area (TPSA) is 55.2 Å². The highest BCUT2D eigenvalue weighted by Gasteiger charge is 2.18. The van der Waals surface area contributed by atoms with E-state index in [1.54, 1.807) is 6.92 Å². The zero-order valence-corrected chi connectivity index (χ0v) is 12.6. The van der Waals surface area contributed by atoms with Gasteiger partial charge in [-0.05, 0) is 37.8 Å². The van der Waals surface area contributed by atoms with Crippen LogP contribution in [-0.2, 0) is 0 Å². The van der Waals surface area contributed by atoms with Gasteiger partial charge < -0.3 is 5.32 Å². The quantitative estimate of drug-likeness (QED) is 0.584. The Balaban J connectivity index is 2.75.